The molecule has 1 heterocycles. The molecular formula is C18H34N2+2. The van der Waals surface area contributed by atoms with Gasteiger partial charge in [0, 0.05) is 11.8 Å². The fourth-order valence-electron chi connectivity index (χ4n) is 4.87. The van der Waals surface area contributed by atoms with Crippen LogP contribution in [0.15, 0.2) is 12.2 Å². The van der Waals surface area contributed by atoms with Gasteiger partial charge in [-0.15, -0.1) is 0 Å². The largest absolute Gasteiger partial charge is 0.325 e. The minimum Gasteiger partial charge on any atom is -0.325 e. The third-order valence-corrected chi connectivity index (χ3v) is 6.19. The zero-order valence-corrected chi connectivity index (χ0v) is 13.4. The second-order valence-electron chi connectivity index (χ2n) is 7.63. The molecule has 1 saturated heterocycles. The van der Waals surface area contributed by atoms with Crippen molar-refractivity contribution >= 4 is 0 Å². The Hall–Kier alpha value is -0.340. The van der Waals surface area contributed by atoms with Crippen LogP contribution in [-0.2, 0) is 0 Å². The lowest BCUT2D eigenvalue weighted by molar-refractivity contribution is -1.03. The van der Waals surface area contributed by atoms with Gasteiger partial charge in [0.05, 0.1) is 12.6 Å². The van der Waals surface area contributed by atoms with Crippen molar-refractivity contribution in [2.75, 3.05) is 32.7 Å². The van der Waals surface area contributed by atoms with Gasteiger partial charge in [0.25, 0.3) is 0 Å². The van der Waals surface area contributed by atoms with Gasteiger partial charge >= 0.3 is 0 Å². The Morgan fingerprint density at radius 2 is 1.75 bits per heavy atom. The molecule has 0 aromatic carbocycles. The molecule has 20 heavy (non-hydrogen) atoms. The van der Waals surface area contributed by atoms with Crippen molar-refractivity contribution < 1.29 is 9.80 Å². The molecule has 0 bridgehead atoms. The molecule has 3 rings (SSSR count). The van der Waals surface area contributed by atoms with E-state index in [0.717, 1.165) is 17.9 Å². The van der Waals surface area contributed by atoms with Crippen LogP contribution in [0.2, 0.25) is 0 Å². The van der Waals surface area contributed by atoms with Gasteiger partial charge in [-0.1, -0.05) is 25.5 Å². The average Bonchev–Trinajstić information content (AvgIpc) is 2.50. The quantitative estimate of drug-likeness (QED) is 0.704. The Labute approximate surface area is 125 Å². The van der Waals surface area contributed by atoms with Gasteiger partial charge in [0.15, 0.2) is 0 Å². The van der Waals surface area contributed by atoms with Crippen LogP contribution in [0.5, 0.6) is 0 Å². The summed E-state index contributed by atoms with van der Waals surface area (Å²) in [5, 5.41) is 0. The van der Waals surface area contributed by atoms with Gasteiger partial charge in [-0.2, -0.15) is 0 Å². The van der Waals surface area contributed by atoms with Crippen LogP contribution >= 0.6 is 0 Å². The Balaban J connectivity index is 1.43. The molecule has 0 aromatic heterocycles. The van der Waals surface area contributed by atoms with Gasteiger partial charge in [-0.05, 0) is 38.5 Å². The van der Waals surface area contributed by atoms with Crippen molar-refractivity contribution in [3.8, 4) is 0 Å². The normalized spacial score (nSPS) is 42.5. The van der Waals surface area contributed by atoms with Gasteiger partial charge in [-0.3, -0.25) is 0 Å². The minimum atomic E-state index is 0.976. The van der Waals surface area contributed by atoms with E-state index in [9.17, 15) is 0 Å². The van der Waals surface area contributed by atoms with E-state index in [1.54, 1.807) is 0 Å². The van der Waals surface area contributed by atoms with Crippen LogP contribution in [0.3, 0.4) is 0 Å². The summed E-state index contributed by atoms with van der Waals surface area (Å²) < 4.78 is 0. The summed E-state index contributed by atoms with van der Waals surface area (Å²) in [7, 11) is 0. The summed E-state index contributed by atoms with van der Waals surface area (Å²) in [5.41, 5.74) is 0. The highest BCUT2D eigenvalue weighted by Crippen LogP contribution is 2.21. The predicted octanol–water partition coefficient (Wildman–Crippen LogP) is 0.705. The molecule has 0 unspecified atom stereocenters. The zero-order chi connectivity index (χ0) is 13.8. The highest BCUT2D eigenvalue weighted by molar-refractivity contribution is 4.89. The molecule has 1 saturated carbocycles. The lowest BCUT2D eigenvalue weighted by atomic mass is 9.84. The monoisotopic (exact) mass is 278 g/mol. The Morgan fingerprint density at radius 1 is 0.950 bits per heavy atom. The molecule has 3 atom stereocenters. The first-order valence-corrected chi connectivity index (χ1v) is 9.16. The van der Waals surface area contributed by atoms with Crippen molar-refractivity contribution in [2.24, 2.45) is 11.8 Å². The van der Waals surface area contributed by atoms with E-state index in [2.05, 4.69) is 19.1 Å². The second-order valence-corrected chi connectivity index (χ2v) is 7.63. The Morgan fingerprint density at radius 3 is 2.45 bits per heavy atom. The van der Waals surface area contributed by atoms with Crippen molar-refractivity contribution in [3.63, 3.8) is 0 Å². The Kier molecular flexibility index (Phi) is 5.17. The predicted molar refractivity (Wildman–Crippen MR) is 84.2 cm³/mol. The standard InChI is InChI=1S/C18H32N2/c1-16-7-5-6-10-18(16)20-13-11-19(12-14-20)15-17-8-3-2-4-9-17/h2-3,16-18H,4-15H2,1H3/p+2/t16-,17-,18+/m0/s1. The summed E-state index contributed by atoms with van der Waals surface area (Å²) in [5.74, 6) is 1.95. The summed E-state index contributed by atoms with van der Waals surface area (Å²) in [6.45, 7) is 9.68. The molecule has 2 aliphatic carbocycles. The van der Waals surface area contributed by atoms with Crippen LogP contribution in [0.4, 0.5) is 0 Å². The molecule has 2 fully saturated rings. The first-order valence-electron chi connectivity index (χ1n) is 9.16. The van der Waals surface area contributed by atoms with E-state index >= 15 is 0 Å². The molecule has 114 valence electrons. The molecule has 0 amide bonds. The minimum absolute atomic E-state index is 0.976. The van der Waals surface area contributed by atoms with E-state index in [0.29, 0.717) is 0 Å². The molecule has 2 N–H and O–H groups in total. The van der Waals surface area contributed by atoms with Crippen LogP contribution in [0.25, 0.3) is 0 Å². The molecule has 0 radical (unpaired) electrons. The third-order valence-electron chi connectivity index (χ3n) is 6.19. The molecule has 2 nitrogen and oxygen atoms in total. The van der Waals surface area contributed by atoms with Crippen LogP contribution in [0.1, 0.15) is 51.9 Å². The average molecular weight is 278 g/mol. The first kappa shape index (κ1) is 14.6. The molecule has 1 aliphatic heterocycles. The van der Waals surface area contributed by atoms with Crippen molar-refractivity contribution in [3.05, 3.63) is 12.2 Å². The van der Waals surface area contributed by atoms with Crippen molar-refractivity contribution in [2.45, 2.75) is 57.9 Å². The summed E-state index contributed by atoms with van der Waals surface area (Å²) in [6.07, 6.45) is 14.9. The summed E-state index contributed by atoms with van der Waals surface area (Å²) >= 11 is 0. The summed E-state index contributed by atoms with van der Waals surface area (Å²) in [4.78, 5) is 3.85. The number of piperazine rings is 1. The smallest absolute Gasteiger partial charge is 0.127 e. The molecule has 3 aliphatic rings. The summed E-state index contributed by atoms with van der Waals surface area (Å²) in [6, 6.07) is 0.989. The number of hydrogen-bond donors (Lipinski definition) is 2. The van der Waals surface area contributed by atoms with Crippen LogP contribution in [-0.4, -0.2) is 38.8 Å². The van der Waals surface area contributed by atoms with Crippen LogP contribution < -0.4 is 9.80 Å². The van der Waals surface area contributed by atoms with Crippen LogP contribution in [0, 0.1) is 11.8 Å². The first-order chi connectivity index (χ1) is 9.83. The van der Waals surface area contributed by atoms with Crippen molar-refractivity contribution in [1.29, 1.82) is 0 Å². The maximum Gasteiger partial charge on any atom is 0.127 e. The van der Waals surface area contributed by atoms with E-state index < -0.39 is 0 Å². The van der Waals surface area contributed by atoms with E-state index in [1.807, 2.05) is 9.80 Å². The third kappa shape index (κ3) is 3.65. The molecule has 0 spiro atoms. The fraction of sp³-hybridized carbons (Fsp3) is 0.889. The number of rotatable bonds is 3. The lowest BCUT2D eigenvalue weighted by Gasteiger charge is -2.39. The van der Waals surface area contributed by atoms with Gasteiger partial charge in [0.1, 0.15) is 26.2 Å². The van der Waals surface area contributed by atoms with E-state index in [-0.39, 0.29) is 0 Å². The number of nitrogens with one attached hydrogen (secondary N) is 2. The Bertz CT molecular complexity index is 317. The number of quaternary nitrogens is 2. The highest BCUT2D eigenvalue weighted by Gasteiger charge is 2.34. The highest BCUT2D eigenvalue weighted by atomic mass is 15.3. The molecule has 2 heteroatoms. The van der Waals surface area contributed by atoms with E-state index in [4.69, 9.17) is 0 Å². The zero-order valence-electron chi connectivity index (χ0n) is 13.4. The van der Waals surface area contributed by atoms with Gasteiger partial charge < -0.3 is 9.80 Å². The maximum absolute atomic E-state index is 2.50. The lowest BCUT2D eigenvalue weighted by Crippen LogP contribution is -3.30. The molecular weight excluding hydrogens is 244 g/mol. The topological polar surface area (TPSA) is 8.88 Å². The van der Waals surface area contributed by atoms with Gasteiger partial charge in [-0.25, -0.2) is 0 Å². The SMILES string of the molecule is C[C@H]1CCCC[C@H]1[NH+]1CC[NH+](C[C@H]2CC=CCC2)CC1. The fourth-order valence-corrected chi connectivity index (χ4v) is 4.87. The van der Waals surface area contributed by atoms with E-state index in [1.165, 1.54) is 77.7 Å². The number of allylic oxidation sites excluding steroid dienone is 2. The molecule has 0 aromatic rings. The van der Waals surface area contributed by atoms with Gasteiger partial charge in [0.2, 0.25) is 0 Å². The maximum atomic E-state index is 2.50. The van der Waals surface area contributed by atoms with Crippen molar-refractivity contribution in [1.82, 2.24) is 0 Å². The number of hydrogen-bond acceptors (Lipinski definition) is 0. The second kappa shape index (κ2) is 7.09.